The van der Waals surface area contributed by atoms with Gasteiger partial charge >= 0.3 is 6.18 Å². The van der Waals surface area contributed by atoms with Crippen molar-refractivity contribution in [2.24, 2.45) is 5.92 Å². The molecular weight excluding hydrogens is 401 g/mol. The molecule has 0 aromatic carbocycles. The number of ketones is 1. The first kappa shape index (κ1) is 21.7. The summed E-state index contributed by atoms with van der Waals surface area (Å²) in [5.74, 6) is 0.172. The van der Waals surface area contributed by atoms with Gasteiger partial charge in [0.05, 0.1) is 19.4 Å². The minimum Gasteiger partial charge on any atom is -0.477 e. The number of nitrogens with one attached hydrogen (secondary N) is 1. The molecule has 1 fully saturated rings. The molecule has 0 unspecified atom stereocenters. The Kier molecular flexibility index (Phi) is 6.63. The van der Waals surface area contributed by atoms with E-state index >= 15 is 0 Å². The third kappa shape index (κ3) is 6.78. The van der Waals surface area contributed by atoms with Gasteiger partial charge in [-0.2, -0.15) is 13.2 Å². The van der Waals surface area contributed by atoms with E-state index in [0.29, 0.717) is 17.1 Å². The molecule has 1 amide bonds. The van der Waals surface area contributed by atoms with Gasteiger partial charge in [0.2, 0.25) is 5.88 Å². The number of alkyl halides is 3. The Morgan fingerprint density at radius 2 is 2.00 bits per heavy atom. The minimum atomic E-state index is -4.28. The Balaban J connectivity index is 1.52. The van der Waals surface area contributed by atoms with E-state index < -0.39 is 25.1 Å². The van der Waals surface area contributed by atoms with Gasteiger partial charge in [-0.05, 0) is 31.4 Å². The fourth-order valence-electron chi connectivity index (χ4n) is 2.68. The largest absolute Gasteiger partial charge is 0.477 e. The lowest BCUT2D eigenvalue weighted by atomic mass is 10.2. The third-order valence-corrected chi connectivity index (χ3v) is 4.38. The molecule has 10 heteroatoms. The van der Waals surface area contributed by atoms with Gasteiger partial charge in [-0.15, -0.1) is 0 Å². The number of aromatic nitrogens is 3. The number of ether oxygens (including phenoxy) is 1. The van der Waals surface area contributed by atoms with Crippen LogP contribution in [0, 0.1) is 12.8 Å². The number of hydrogen-bond acceptors (Lipinski definition) is 6. The molecule has 3 rings (SSSR count). The van der Waals surface area contributed by atoms with Crippen LogP contribution in [0.1, 0.15) is 46.8 Å². The van der Waals surface area contributed by atoms with Crippen LogP contribution in [-0.4, -0.2) is 39.4 Å². The van der Waals surface area contributed by atoms with Crippen LogP contribution in [0.25, 0.3) is 0 Å². The van der Waals surface area contributed by atoms with Crippen molar-refractivity contribution in [2.45, 2.75) is 45.3 Å². The predicted octanol–water partition coefficient (Wildman–Crippen LogP) is 2.96. The fourth-order valence-corrected chi connectivity index (χ4v) is 2.68. The standard InChI is InChI=1S/C20H21F3N4O3/c1-12-8-15(27-17(26-12)9-16(28)14-3-4-14)19(29)25-11-13-2-5-18(24-10-13)30-7-6-20(21,22)23/h2,5,8,10,14H,3-4,6-7,9,11H2,1H3,(H,25,29). The Labute approximate surface area is 171 Å². The lowest BCUT2D eigenvalue weighted by Gasteiger charge is -2.09. The normalized spacial score (nSPS) is 13.7. The van der Waals surface area contributed by atoms with Crippen molar-refractivity contribution in [3.8, 4) is 5.88 Å². The van der Waals surface area contributed by atoms with Crippen LogP contribution in [0.5, 0.6) is 5.88 Å². The summed E-state index contributed by atoms with van der Waals surface area (Å²) in [6.45, 7) is 1.37. The molecule has 0 spiro atoms. The highest BCUT2D eigenvalue weighted by molar-refractivity contribution is 5.92. The van der Waals surface area contributed by atoms with Crippen molar-refractivity contribution < 1.29 is 27.5 Å². The monoisotopic (exact) mass is 422 g/mol. The number of rotatable bonds is 9. The van der Waals surface area contributed by atoms with E-state index in [4.69, 9.17) is 4.74 Å². The van der Waals surface area contributed by atoms with Gasteiger partial charge in [0.1, 0.15) is 17.3 Å². The summed E-state index contributed by atoms with van der Waals surface area (Å²) in [7, 11) is 0. The average molecular weight is 422 g/mol. The Morgan fingerprint density at radius 1 is 1.23 bits per heavy atom. The maximum absolute atomic E-state index is 12.4. The molecule has 0 aliphatic heterocycles. The SMILES string of the molecule is Cc1cc(C(=O)NCc2ccc(OCCC(F)(F)F)nc2)nc(CC(=O)C2CC2)n1. The van der Waals surface area contributed by atoms with E-state index in [1.807, 2.05) is 0 Å². The highest BCUT2D eigenvalue weighted by Gasteiger charge is 2.30. The zero-order valence-corrected chi connectivity index (χ0v) is 16.3. The Hall–Kier alpha value is -3.04. The lowest BCUT2D eigenvalue weighted by molar-refractivity contribution is -0.139. The molecule has 1 saturated carbocycles. The molecule has 2 heterocycles. The molecule has 1 N–H and O–H groups in total. The smallest absolute Gasteiger partial charge is 0.392 e. The summed E-state index contributed by atoms with van der Waals surface area (Å²) < 4.78 is 41.3. The number of halogens is 3. The van der Waals surface area contributed by atoms with E-state index in [0.717, 1.165) is 12.8 Å². The second-order valence-corrected chi connectivity index (χ2v) is 7.13. The molecule has 0 atom stereocenters. The summed E-state index contributed by atoms with van der Waals surface area (Å²) in [5, 5.41) is 2.70. The molecular formula is C20H21F3N4O3. The number of amides is 1. The molecule has 0 saturated heterocycles. The maximum atomic E-state index is 12.4. The number of carbonyl (C=O) groups is 2. The van der Waals surface area contributed by atoms with Crippen molar-refractivity contribution in [3.05, 3.63) is 47.2 Å². The molecule has 2 aromatic rings. The number of hydrogen-bond donors (Lipinski definition) is 1. The number of nitrogens with zero attached hydrogens (tertiary/aromatic N) is 3. The number of pyridine rings is 1. The van der Waals surface area contributed by atoms with E-state index in [1.54, 1.807) is 13.0 Å². The van der Waals surface area contributed by atoms with Gasteiger partial charge in [0.25, 0.3) is 5.91 Å². The lowest BCUT2D eigenvalue weighted by Crippen LogP contribution is -2.25. The molecule has 0 radical (unpaired) electrons. The molecule has 0 bridgehead atoms. The molecule has 2 aromatic heterocycles. The van der Waals surface area contributed by atoms with Gasteiger partial charge in [-0.3, -0.25) is 9.59 Å². The first-order chi connectivity index (χ1) is 14.2. The van der Waals surface area contributed by atoms with Crippen LogP contribution in [0.4, 0.5) is 13.2 Å². The fraction of sp³-hybridized carbons (Fsp3) is 0.450. The molecule has 7 nitrogen and oxygen atoms in total. The van der Waals surface area contributed by atoms with Crippen LogP contribution in [0.2, 0.25) is 0 Å². The second-order valence-electron chi connectivity index (χ2n) is 7.13. The summed E-state index contributed by atoms with van der Waals surface area (Å²) in [4.78, 5) is 36.7. The van der Waals surface area contributed by atoms with Crippen LogP contribution in [0.3, 0.4) is 0 Å². The first-order valence-corrected chi connectivity index (χ1v) is 9.49. The van der Waals surface area contributed by atoms with Gasteiger partial charge in [0.15, 0.2) is 0 Å². The summed E-state index contributed by atoms with van der Waals surface area (Å²) in [6.07, 6.45) is -2.01. The zero-order chi connectivity index (χ0) is 21.7. The second kappa shape index (κ2) is 9.19. The molecule has 1 aliphatic carbocycles. The molecule has 1 aliphatic rings. The number of carbonyl (C=O) groups excluding carboxylic acids is 2. The van der Waals surface area contributed by atoms with Crippen LogP contribution < -0.4 is 10.1 Å². The maximum Gasteiger partial charge on any atom is 0.392 e. The summed E-state index contributed by atoms with van der Waals surface area (Å²) in [5.41, 5.74) is 1.40. The third-order valence-electron chi connectivity index (χ3n) is 4.38. The van der Waals surface area contributed by atoms with E-state index in [-0.39, 0.29) is 36.2 Å². The summed E-state index contributed by atoms with van der Waals surface area (Å²) in [6, 6.07) is 4.58. The van der Waals surface area contributed by atoms with E-state index in [1.165, 1.54) is 18.3 Å². The van der Waals surface area contributed by atoms with Gasteiger partial charge in [0, 0.05) is 30.4 Å². The highest BCUT2D eigenvalue weighted by Crippen LogP contribution is 2.30. The van der Waals surface area contributed by atoms with Crippen molar-refractivity contribution >= 4 is 11.7 Å². The predicted molar refractivity (Wildman–Crippen MR) is 99.8 cm³/mol. The first-order valence-electron chi connectivity index (χ1n) is 9.49. The molecule has 30 heavy (non-hydrogen) atoms. The van der Waals surface area contributed by atoms with Crippen molar-refractivity contribution in [1.29, 1.82) is 0 Å². The van der Waals surface area contributed by atoms with Crippen LogP contribution in [0.15, 0.2) is 24.4 Å². The average Bonchev–Trinajstić information content (AvgIpc) is 3.51. The number of Topliss-reactive ketones (excluding diaryl/α,β-unsaturated/α-hetero) is 1. The quantitative estimate of drug-likeness (QED) is 0.668. The van der Waals surface area contributed by atoms with E-state index in [9.17, 15) is 22.8 Å². The van der Waals surface area contributed by atoms with Crippen molar-refractivity contribution in [1.82, 2.24) is 20.3 Å². The Morgan fingerprint density at radius 3 is 2.63 bits per heavy atom. The van der Waals surface area contributed by atoms with Gasteiger partial charge in [-0.25, -0.2) is 15.0 Å². The van der Waals surface area contributed by atoms with Gasteiger partial charge < -0.3 is 10.1 Å². The topological polar surface area (TPSA) is 94.1 Å². The van der Waals surface area contributed by atoms with Crippen molar-refractivity contribution in [3.63, 3.8) is 0 Å². The molecule has 160 valence electrons. The van der Waals surface area contributed by atoms with Crippen LogP contribution in [-0.2, 0) is 17.8 Å². The number of aryl methyl sites for hydroxylation is 1. The Bertz CT molecular complexity index is 913. The highest BCUT2D eigenvalue weighted by atomic mass is 19.4. The zero-order valence-electron chi connectivity index (χ0n) is 16.3. The van der Waals surface area contributed by atoms with Crippen molar-refractivity contribution in [2.75, 3.05) is 6.61 Å². The minimum absolute atomic E-state index is 0.0747. The summed E-state index contributed by atoms with van der Waals surface area (Å²) >= 11 is 0. The van der Waals surface area contributed by atoms with E-state index in [2.05, 4.69) is 20.3 Å². The van der Waals surface area contributed by atoms with Gasteiger partial charge in [-0.1, -0.05) is 6.07 Å². The van der Waals surface area contributed by atoms with Crippen LogP contribution >= 0.6 is 0 Å².